The Morgan fingerprint density at radius 2 is 1.89 bits per heavy atom. The van der Waals surface area contributed by atoms with E-state index >= 15 is 0 Å². The first-order valence-electron chi connectivity index (χ1n) is 7.06. The lowest BCUT2D eigenvalue weighted by molar-refractivity contribution is 0.566. The first-order valence-corrected chi connectivity index (χ1v) is 7.06. The van der Waals surface area contributed by atoms with Gasteiger partial charge in [-0.25, -0.2) is 0 Å². The van der Waals surface area contributed by atoms with E-state index in [9.17, 15) is 0 Å². The highest BCUT2D eigenvalue weighted by atomic mass is 15.2. The molecule has 0 amide bonds. The Morgan fingerprint density at radius 3 is 2.61 bits per heavy atom. The minimum atomic E-state index is 0.210. The molecule has 0 saturated carbocycles. The highest BCUT2D eigenvalue weighted by Crippen LogP contribution is 2.32. The summed E-state index contributed by atoms with van der Waals surface area (Å²) in [6.07, 6.45) is 1.22. The molecule has 0 aromatic heterocycles. The molecular formula is C16H26N2. The van der Waals surface area contributed by atoms with Crippen LogP contribution in [0.4, 0.5) is 5.69 Å². The minimum Gasteiger partial charge on any atom is -0.370 e. The van der Waals surface area contributed by atoms with Crippen LogP contribution in [0.2, 0.25) is 0 Å². The molecule has 1 aromatic carbocycles. The largest absolute Gasteiger partial charge is 0.370 e. The molecule has 0 aliphatic carbocycles. The zero-order chi connectivity index (χ0) is 13.2. The van der Waals surface area contributed by atoms with E-state index in [2.05, 4.69) is 62.2 Å². The third-order valence-corrected chi connectivity index (χ3v) is 3.76. The normalized spacial score (nSPS) is 21.8. The predicted molar refractivity (Wildman–Crippen MR) is 79.4 cm³/mol. The zero-order valence-corrected chi connectivity index (χ0v) is 12.2. The summed E-state index contributed by atoms with van der Waals surface area (Å²) in [4.78, 5) is 2.54. The van der Waals surface area contributed by atoms with Crippen molar-refractivity contribution in [3.05, 3.63) is 29.8 Å². The third kappa shape index (κ3) is 3.05. The molecule has 0 radical (unpaired) electrons. The van der Waals surface area contributed by atoms with Crippen molar-refractivity contribution in [3.8, 4) is 0 Å². The fourth-order valence-corrected chi connectivity index (χ4v) is 2.63. The molecule has 2 nitrogen and oxygen atoms in total. The average Bonchev–Trinajstić information content (AvgIpc) is 2.53. The van der Waals surface area contributed by atoms with Gasteiger partial charge in [0.2, 0.25) is 0 Å². The first kappa shape index (κ1) is 13.4. The van der Waals surface area contributed by atoms with E-state index in [1.165, 1.54) is 17.7 Å². The fourth-order valence-electron chi connectivity index (χ4n) is 2.63. The summed E-state index contributed by atoms with van der Waals surface area (Å²) in [5, 5.41) is 3.56. The summed E-state index contributed by atoms with van der Waals surface area (Å²) in [6.45, 7) is 12.5. The van der Waals surface area contributed by atoms with Crippen LogP contribution in [0.25, 0.3) is 0 Å². The maximum absolute atomic E-state index is 3.56. The SMILES string of the molecule is CC1CCN(c2ccccc2C(C)(C)C)CCN1. The van der Waals surface area contributed by atoms with Crippen molar-refractivity contribution < 1.29 is 0 Å². The summed E-state index contributed by atoms with van der Waals surface area (Å²) in [5.41, 5.74) is 3.09. The van der Waals surface area contributed by atoms with Crippen molar-refractivity contribution in [1.82, 2.24) is 5.32 Å². The van der Waals surface area contributed by atoms with Gasteiger partial charge in [-0.15, -0.1) is 0 Å². The molecule has 2 rings (SSSR count). The van der Waals surface area contributed by atoms with Gasteiger partial charge in [0.25, 0.3) is 0 Å². The molecule has 1 aliphatic heterocycles. The van der Waals surface area contributed by atoms with Crippen molar-refractivity contribution in [2.75, 3.05) is 24.5 Å². The number of anilines is 1. The topological polar surface area (TPSA) is 15.3 Å². The summed E-state index contributed by atoms with van der Waals surface area (Å²) < 4.78 is 0. The number of hydrogen-bond acceptors (Lipinski definition) is 2. The van der Waals surface area contributed by atoms with Crippen LogP contribution in [0.3, 0.4) is 0 Å². The predicted octanol–water partition coefficient (Wildman–Crippen LogP) is 3.17. The van der Waals surface area contributed by atoms with E-state index in [-0.39, 0.29) is 5.41 Å². The van der Waals surface area contributed by atoms with E-state index in [1.807, 2.05) is 0 Å². The van der Waals surface area contributed by atoms with Gasteiger partial charge >= 0.3 is 0 Å². The van der Waals surface area contributed by atoms with E-state index < -0.39 is 0 Å². The lowest BCUT2D eigenvalue weighted by Gasteiger charge is -2.30. The molecular weight excluding hydrogens is 220 g/mol. The summed E-state index contributed by atoms with van der Waals surface area (Å²) >= 11 is 0. The van der Waals surface area contributed by atoms with Gasteiger partial charge in [0.15, 0.2) is 0 Å². The molecule has 1 N–H and O–H groups in total. The van der Waals surface area contributed by atoms with Gasteiger partial charge in [0.1, 0.15) is 0 Å². The van der Waals surface area contributed by atoms with Gasteiger partial charge in [-0.1, -0.05) is 39.0 Å². The van der Waals surface area contributed by atoms with Crippen LogP contribution in [0, 0.1) is 0 Å². The number of nitrogens with zero attached hydrogens (tertiary/aromatic N) is 1. The molecule has 1 heterocycles. The van der Waals surface area contributed by atoms with E-state index in [1.54, 1.807) is 0 Å². The summed E-state index contributed by atoms with van der Waals surface area (Å²) in [5.74, 6) is 0. The van der Waals surface area contributed by atoms with Crippen molar-refractivity contribution in [3.63, 3.8) is 0 Å². The Kier molecular flexibility index (Phi) is 3.96. The Morgan fingerprint density at radius 1 is 1.17 bits per heavy atom. The maximum Gasteiger partial charge on any atom is 0.0404 e. The molecule has 18 heavy (non-hydrogen) atoms. The van der Waals surface area contributed by atoms with Crippen molar-refractivity contribution >= 4 is 5.69 Å². The smallest absolute Gasteiger partial charge is 0.0404 e. The lowest BCUT2D eigenvalue weighted by atomic mass is 9.85. The summed E-state index contributed by atoms with van der Waals surface area (Å²) in [7, 11) is 0. The molecule has 1 unspecified atom stereocenters. The Balaban J connectivity index is 2.27. The highest BCUT2D eigenvalue weighted by Gasteiger charge is 2.22. The number of rotatable bonds is 1. The van der Waals surface area contributed by atoms with Crippen LogP contribution in [-0.2, 0) is 5.41 Å². The van der Waals surface area contributed by atoms with Gasteiger partial charge in [-0.3, -0.25) is 0 Å². The molecule has 0 spiro atoms. The molecule has 1 saturated heterocycles. The molecule has 100 valence electrons. The molecule has 1 aliphatic rings. The van der Waals surface area contributed by atoms with E-state index in [0.29, 0.717) is 6.04 Å². The zero-order valence-electron chi connectivity index (χ0n) is 12.2. The monoisotopic (exact) mass is 246 g/mol. The highest BCUT2D eigenvalue weighted by molar-refractivity contribution is 5.56. The van der Waals surface area contributed by atoms with Crippen LogP contribution < -0.4 is 10.2 Å². The molecule has 1 fully saturated rings. The minimum absolute atomic E-state index is 0.210. The van der Waals surface area contributed by atoms with Crippen LogP contribution in [-0.4, -0.2) is 25.7 Å². The summed E-state index contributed by atoms with van der Waals surface area (Å²) in [6, 6.07) is 9.50. The molecule has 2 heteroatoms. The first-order chi connectivity index (χ1) is 8.48. The number of benzene rings is 1. The van der Waals surface area contributed by atoms with Gasteiger partial charge in [0.05, 0.1) is 0 Å². The Bertz CT molecular complexity index is 392. The van der Waals surface area contributed by atoms with Crippen molar-refractivity contribution in [1.29, 1.82) is 0 Å². The van der Waals surface area contributed by atoms with Gasteiger partial charge in [-0.2, -0.15) is 0 Å². The van der Waals surface area contributed by atoms with Gasteiger partial charge in [-0.05, 0) is 30.4 Å². The standard InChI is InChI=1S/C16H26N2/c1-13-9-11-18(12-10-17-13)15-8-6-5-7-14(15)16(2,3)4/h5-8,13,17H,9-12H2,1-4H3. The van der Waals surface area contributed by atoms with Crippen LogP contribution in [0.15, 0.2) is 24.3 Å². The third-order valence-electron chi connectivity index (χ3n) is 3.76. The number of para-hydroxylation sites is 1. The van der Waals surface area contributed by atoms with Crippen molar-refractivity contribution in [2.24, 2.45) is 0 Å². The Hall–Kier alpha value is -1.02. The second-order valence-electron chi connectivity index (χ2n) is 6.40. The molecule has 0 bridgehead atoms. The molecule has 1 aromatic rings. The van der Waals surface area contributed by atoms with E-state index in [0.717, 1.165) is 19.6 Å². The van der Waals surface area contributed by atoms with Crippen molar-refractivity contribution in [2.45, 2.75) is 45.6 Å². The van der Waals surface area contributed by atoms with E-state index in [4.69, 9.17) is 0 Å². The average molecular weight is 246 g/mol. The second-order valence-corrected chi connectivity index (χ2v) is 6.40. The van der Waals surface area contributed by atoms with Gasteiger partial charge < -0.3 is 10.2 Å². The molecule has 1 atom stereocenters. The number of hydrogen-bond donors (Lipinski definition) is 1. The second kappa shape index (κ2) is 5.31. The maximum atomic E-state index is 3.56. The van der Waals surface area contributed by atoms with Crippen LogP contribution >= 0.6 is 0 Å². The fraction of sp³-hybridized carbons (Fsp3) is 0.625. The number of nitrogens with one attached hydrogen (secondary N) is 1. The Labute approximate surface area is 111 Å². The quantitative estimate of drug-likeness (QED) is 0.819. The lowest BCUT2D eigenvalue weighted by Crippen LogP contribution is -2.30. The van der Waals surface area contributed by atoms with Gasteiger partial charge in [0, 0.05) is 31.4 Å². The van der Waals surface area contributed by atoms with Crippen LogP contribution in [0.1, 0.15) is 39.7 Å². The van der Waals surface area contributed by atoms with Crippen LogP contribution in [0.5, 0.6) is 0 Å².